The number of piperidine rings is 1. The second kappa shape index (κ2) is 9.26. The average molecular weight is 473 g/mol. The third-order valence-electron chi connectivity index (χ3n) is 6.84. The number of hydrogen-bond acceptors (Lipinski definition) is 6. The molecule has 0 radical (unpaired) electrons. The quantitative estimate of drug-likeness (QED) is 0.428. The number of nitrogens with two attached hydrogens (primary N) is 1. The Morgan fingerprint density at radius 2 is 2.03 bits per heavy atom. The number of likely N-dealkylation sites (tertiary alicyclic amines) is 1. The number of nitrogens with zero attached hydrogens (tertiary/aromatic N) is 5. The molecule has 5 rings (SSSR count). The number of halogens is 1. The van der Waals surface area contributed by atoms with Crippen molar-refractivity contribution >= 4 is 41.6 Å². The molecule has 1 saturated heterocycles. The molecule has 0 unspecified atom stereocenters. The fourth-order valence-electron chi connectivity index (χ4n) is 4.68. The fourth-order valence-corrected chi connectivity index (χ4v) is 4.68. The lowest BCUT2D eigenvalue weighted by Gasteiger charge is -2.33. The van der Waals surface area contributed by atoms with Crippen LogP contribution in [-0.4, -0.2) is 57.4 Å². The lowest BCUT2D eigenvalue weighted by Crippen LogP contribution is -2.46. The van der Waals surface area contributed by atoms with Crippen LogP contribution < -0.4 is 16.5 Å². The summed E-state index contributed by atoms with van der Waals surface area (Å²) in [6, 6.07) is 6.75. The van der Waals surface area contributed by atoms with Gasteiger partial charge in [-0.1, -0.05) is 13.8 Å². The molecule has 3 N–H and O–H groups in total. The largest absolute Gasteiger partial charge is 0.384 e. The number of carbonyl (C=O) groups excluding carboxylic acids is 1. The summed E-state index contributed by atoms with van der Waals surface area (Å²) in [5.41, 5.74) is 11.1. The number of amides is 1. The number of rotatable bonds is 5. The molecule has 0 aliphatic carbocycles. The van der Waals surface area contributed by atoms with Crippen LogP contribution >= 0.6 is 0 Å². The van der Waals surface area contributed by atoms with Gasteiger partial charge in [0.05, 0.1) is 17.4 Å². The second-order valence-corrected chi connectivity index (χ2v) is 9.56. The number of carbonyl (C=O) groups is 1. The molecule has 1 aliphatic heterocycles. The van der Waals surface area contributed by atoms with Gasteiger partial charge in [-0.15, -0.1) is 0 Å². The van der Waals surface area contributed by atoms with E-state index in [4.69, 9.17) is 10.7 Å². The van der Waals surface area contributed by atoms with Crippen molar-refractivity contribution in [3.8, 4) is 11.1 Å². The van der Waals surface area contributed by atoms with Crippen LogP contribution in [0.15, 0.2) is 36.7 Å². The Morgan fingerprint density at radius 1 is 1.26 bits per heavy atom. The summed E-state index contributed by atoms with van der Waals surface area (Å²) in [5.74, 6) is 0.485. The predicted molar refractivity (Wildman–Crippen MR) is 138 cm³/mol. The second-order valence-electron chi connectivity index (χ2n) is 9.56. The predicted octanol–water partition coefficient (Wildman–Crippen LogP) is 1.66. The van der Waals surface area contributed by atoms with Crippen molar-refractivity contribution in [2.45, 2.75) is 39.3 Å². The van der Waals surface area contributed by atoms with E-state index in [1.807, 2.05) is 32.7 Å². The minimum Gasteiger partial charge on any atom is -0.384 e. The monoisotopic (exact) mass is 473 g/mol. The molecule has 10 heteroatoms. The maximum Gasteiger partial charge on any atom is 0.225 e. The highest BCUT2D eigenvalue weighted by atomic mass is 19.1. The highest BCUT2D eigenvalue weighted by Crippen LogP contribution is 2.27. The lowest BCUT2D eigenvalue weighted by atomic mass is 9.93. The summed E-state index contributed by atoms with van der Waals surface area (Å²) in [5, 5.41) is 8.77. The van der Waals surface area contributed by atoms with E-state index in [-0.39, 0.29) is 17.6 Å². The van der Waals surface area contributed by atoms with Crippen LogP contribution in [0, 0.1) is 11.7 Å². The van der Waals surface area contributed by atoms with E-state index in [0.717, 1.165) is 53.7 Å². The normalized spacial score (nSPS) is 14.9. The molecule has 1 aromatic carbocycles. The Kier molecular flexibility index (Phi) is 6.14. The molecule has 1 fully saturated rings. The Balaban J connectivity index is 1.38. The van der Waals surface area contributed by atoms with Gasteiger partial charge < -0.3 is 16.0 Å². The minimum atomic E-state index is -0.304. The Hall–Kier alpha value is -3.53. The van der Waals surface area contributed by atoms with E-state index in [2.05, 4.69) is 15.4 Å². The van der Waals surface area contributed by atoms with E-state index in [0.29, 0.717) is 29.4 Å². The van der Waals surface area contributed by atoms with Crippen molar-refractivity contribution in [1.29, 1.82) is 0 Å². The first-order chi connectivity index (χ1) is 16.8. The van der Waals surface area contributed by atoms with Gasteiger partial charge in [0.1, 0.15) is 19.5 Å². The molecule has 0 saturated carbocycles. The number of nitrogens with one attached hydrogen (secondary N) is 1. The maximum absolute atomic E-state index is 13.7. The molecule has 1 amide bonds. The van der Waals surface area contributed by atoms with Crippen LogP contribution in [-0.2, 0) is 11.3 Å². The van der Waals surface area contributed by atoms with Crippen molar-refractivity contribution in [3.63, 3.8) is 0 Å². The highest BCUT2D eigenvalue weighted by molar-refractivity contribution is 6.36. The van der Waals surface area contributed by atoms with Crippen LogP contribution in [0.25, 0.3) is 27.7 Å². The summed E-state index contributed by atoms with van der Waals surface area (Å²) in [7, 11) is 1.95. The Bertz CT molecular complexity index is 1410. The number of pyridine rings is 1. The summed E-state index contributed by atoms with van der Waals surface area (Å²) in [6.07, 6.45) is 5.29. The summed E-state index contributed by atoms with van der Waals surface area (Å²) < 4.78 is 15.4. The van der Waals surface area contributed by atoms with Gasteiger partial charge in [-0.25, -0.2) is 9.37 Å². The average Bonchev–Trinajstić information content (AvgIpc) is 3.28. The third kappa shape index (κ3) is 4.46. The molecule has 4 aromatic rings. The van der Waals surface area contributed by atoms with E-state index in [1.165, 1.54) is 12.1 Å². The molecular formula is C25H29BFN7O. The molecule has 0 spiro atoms. The van der Waals surface area contributed by atoms with Gasteiger partial charge in [0.15, 0.2) is 5.65 Å². The molecule has 4 heterocycles. The van der Waals surface area contributed by atoms with Crippen molar-refractivity contribution < 1.29 is 9.18 Å². The van der Waals surface area contributed by atoms with Crippen LogP contribution in [0.4, 0.5) is 10.2 Å². The van der Waals surface area contributed by atoms with Gasteiger partial charge in [-0.2, -0.15) is 9.61 Å². The highest BCUT2D eigenvalue weighted by Gasteiger charge is 2.24. The molecule has 35 heavy (non-hydrogen) atoms. The minimum absolute atomic E-state index is 0.0303. The molecule has 180 valence electrons. The smallest absolute Gasteiger partial charge is 0.225 e. The molecule has 1 aliphatic rings. The van der Waals surface area contributed by atoms with E-state index >= 15 is 0 Å². The molecule has 3 aromatic heterocycles. The Morgan fingerprint density at radius 3 is 2.77 bits per heavy atom. The standard InChI is InChI=1S/C25H29BFN7O/c1-14(2)25(35)33-7-5-18(6-8-33)29-13-21-22(26)23(28)34-24(32-21)19(12-31-34)16-9-15-10-17(27)3-4-20(15)30-11-16/h3-4,9-12,14,18,29H,5-8,13,26,28H2,1-2H3. The number of anilines is 1. The van der Waals surface area contributed by atoms with Crippen LogP contribution in [0.5, 0.6) is 0 Å². The summed E-state index contributed by atoms with van der Waals surface area (Å²) in [4.78, 5) is 23.6. The van der Waals surface area contributed by atoms with Crippen molar-refractivity contribution in [1.82, 2.24) is 29.8 Å². The van der Waals surface area contributed by atoms with E-state index in [1.54, 1.807) is 23.0 Å². The zero-order valence-electron chi connectivity index (χ0n) is 20.3. The van der Waals surface area contributed by atoms with E-state index in [9.17, 15) is 9.18 Å². The zero-order chi connectivity index (χ0) is 24.7. The van der Waals surface area contributed by atoms with Gasteiger partial charge in [0.25, 0.3) is 0 Å². The molecular weight excluding hydrogens is 444 g/mol. The first kappa shape index (κ1) is 23.2. The fraction of sp³-hybridized carbons (Fsp3) is 0.360. The third-order valence-corrected chi connectivity index (χ3v) is 6.84. The molecule has 0 atom stereocenters. The van der Waals surface area contributed by atoms with Gasteiger partial charge in [0, 0.05) is 54.3 Å². The first-order valence-corrected chi connectivity index (χ1v) is 12.0. The molecule has 8 nitrogen and oxygen atoms in total. The van der Waals surface area contributed by atoms with Crippen molar-refractivity contribution in [3.05, 3.63) is 48.2 Å². The van der Waals surface area contributed by atoms with Crippen LogP contribution in [0.2, 0.25) is 0 Å². The summed E-state index contributed by atoms with van der Waals surface area (Å²) in [6.45, 7) is 5.99. The Labute approximate surface area is 204 Å². The van der Waals surface area contributed by atoms with Gasteiger partial charge in [0.2, 0.25) is 5.91 Å². The topological polar surface area (TPSA) is 101 Å². The van der Waals surface area contributed by atoms with Crippen molar-refractivity contribution in [2.75, 3.05) is 18.8 Å². The maximum atomic E-state index is 13.7. The lowest BCUT2D eigenvalue weighted by molar-refractivity contribution is -0.135. The van der Waals surface area contributed by atoms with Gasteiger partial charge >= 0.3 is 0 Å². The molecule has 0 bridgehead atoms. The van der Waals surface area contributed by atoms with E-state index < -0.39 is 0 Å². The van der Waals surface area contributed by atoms with Crippen LogP contribution in [0.1, 0.15) is 32.4 Å². The number of nitrogen functional groups attached to an aromatic ring is 1. The zero-order valence-corrected chi connectivity index (χ0v) is 20.3. The van der Waals surface area contributed by atoms with Gasteiger partial charge in [-0.05, 0) is 42.6 Å². The number of fused-ring (bicyclic) bond motifs is 2. The summed E-state index contributed by atoms with van der Waals surface area (Å²) >= 11 is 0. The van der Waals surface area contributed by atoms with Gasteiger partial charge in [-0.3, -0.25) is 9.78 Å². The SMILES string of the molecule is Bc1c(CNC2CCN(C(=O)C(C)C)CC2)nc2c(-c3cnc4ccc(F)cc4c3)cnn2c1N. The number of aromatic nitrogens is 4. The van der Waals surface area contributed by atoms with Crippen LogP contribution in [0.3, 0.4) is 0 Å². The number of benzene rings is 1. The van der Waals surface area contributed by atoms with Crippen molar-refractivity contribution in [2.24, 2.45) is 5.92 Å². The first-order valence-electron chi connectivity index (χ1n) is 12.0. The number of hydrogen-bond donors (Lipinski definition) is 2.